The third kappa shape index (κ3) is 4.22. The summed E-state index contributed by atoms with van der Waals surface area (Å²) in [6.45, 7) is 3.91. The van der Waals surface area contributed by atoms with Crippen LogP contribution in [0.4, 0.5) is 17.2 Å². The fourth-order valence-electron chi connectivity index (χ4n) is 4.03. The smallest absolute Gasteiger partial charge is 0.357 e. The molecule has 0 aliphatic carbocycles. The van der Waals surface area contributed by atoms with Gasteiger partial charge in [0, 0.05) is 48.7 Å². The van der Waals surface area contributed by atoms with Crippen LogP contribution >= 0.6 is 0 Å². The summed E-state index contributed by atoms with van der Waals surface area (Å²) in [7, 11) is 1.71. The van der Waals surface area contributed by atoms with Crippen molar-refractivity contribution in [3.8, 4) is 0 Å². The van der Waals surface area contributed by atoms with Gasteiger partial charge in [-0.3, -0.25) is 4.79 Å². The lowest BCUT2D eigenvalue weighted by Crippen LogP contribution is -2.20. The molecule has 0 fully saturated rings. The van der Waals surface area contributed by atoms with Crippen LogP contribution < -0.4 is 16.2 Å². The molecule has 0 spiro atoms. The summed E-state index contributed by atoms with van der Waals surface area (Å²) < 4.78 is 8.28. The van der Waals surface area contributed by atoms with Crippen LogP contribution in [0.25, 0.3) is 16.6 Å². The molecule has 1 aromatic carbocycles. The largest absolute Gasteiger partial charge is 0.461 e. The van der Waals surface area contributed by atoms with Crippen LogP contribution in [-0.4, -0.2) is 41.7 Å². The summed E-state index contributed by atoms with van der Waals surface area (Å²) in [6, 6.07) is 12.0. The second kappa shape index (κ2) is 9.45. The molecule has 1 unspecified atom stereocenters. The maximum absolute atomic E-state index is 12.9. The molecule has 0 saturated carbocycles. The minimum atomic E-state index is -0.529. The van der Waals surface area contributed by atoms with Crippen molar-refractivity contribution in [1.82, 2.24) is 29.1 Å². The number of nitrogens with one attached hydrogen (secondary N) is 2. The summed E-state index contributed by atoms with van der Waals surface area (Å²) in [5, 5.41) is 11.8. The zero-order chi connectivity index (χ0) is 25.2. The van der Waals surface area contributed by atoms with E-state index in [0.29, 0.717) is 34.2 Å². The van der Waals surface area contributed by atoms with Crippen molar-refractivity contribution < 1.29 is 9.53 Å². The zero-order valence-electron chi connectivity index (χ0n) is 20.0. The molecule has 4 aromatic heterocycles. The Kier molecular flexibility index (Phi) is 6.03. The van der Waals surface area contributed by atoms with Gasteiger partial charge < -0.3 is 19.9 Å². The Morgan fingerprint density at radius 2 is 1.89 bits per heavy atom. The van der Waals surface area contributed by atoms with E-state index in [1.165, 1.54) is 0 Å². The Morgan fingerprint density at radius 1 is 1.08 bits per heavy atom. The molecular weight excluding hydrogens is 460 g/mol. The minimum Gasteiger partial charge on any atom is -0.461 e. The number of pyridine rings is 1. The van der Waals surface area contributed by atoms with Crippen LogP contribution in [-0.2, 0) is 11.8 Å². The molecule has 0 saturated heterocycles. The average Bonchev–Trinajstić information content (AvgIpc) is 3.37. The van der Waals surface area contributed by atoms with E-state index in [1.54, 1.807) is 65.9 Å². The number of hydrogen-bond donors (Lipinski definition) is 2. The van der Waals surface area contributed by atoms with Gasteiger partial charge in [-0.15, -0.1) is 0 Å². The van der Waals surface area contributed by atoms with Crippen LogP contribution in [0.5, 0.6) is 0 Å². The van der Waals surface area contributed by atoms with Crippen molar-refractivity contribution in [1.29, 1.82) is 0 Å². The molecule has 0 amide bonds. The first-order valence-corrected chi connectivity index (χ1v) is 11.4. The number of nitrogens with zero attached hydrogens (tertiary/aromatic N) is 6. The number of benzene rings is 1. The van der Waals surface area contributed by atoms with Crippen molar-refractivity contribution in [2.75, 3.05) is 17.2 Å². The summed E-state index contributed by atoms with van der Waals surface area (Å²) in [4.78, 5) is 38.3. The number of para-hydroxylation sites is 1. The number of fused-ring (bicyclic) bond motifs is 2. The van der Waals surface area contributed by atoms with Gasteiger partial charge in [0.05, 0.1) is 30.0 Å². The molecule has 5 rings (SSSR count). The third-order valence-corrected chi connectivity index (χ3v) is 5.71. The normalized spacial score (nSPS) is 12.0. The van der Waals surface area contributed by atoms with Crippen molar-refractivity contribution in [2.24, 2.45) is 7.05 Å². The van der Waals surface area contributed by atoms with E-state index in [4.69, 9.17) is 4.74 Å². The molecule has 2 N–H and O–H groups in total. The topological polar surface area (TPSA) is 128 Å². The molecule has 36 heavy (non-hydrogen) atoms. The molecule has 11 nitrogen and oxygen atoms in total. The Labute approximate surface area is 205 Å². The lowest BCUT2D eigenvalue weighted by Gasteiger charge is -2.19. The molecule has 0 radical (unpaired) electrons. The van der Waals surface area contributed by atoms with Gasteiger partial charge in [-0.2, -0.15) is 9.61 Å². The van der Waals surface area contributed by atoms with Gasteiger partial charge in [-0.1, -0.05) is 12.1 Å². The Morgan fingerprint density at radius 3 is 2.67 bits per heavy atom. The van der Waals surface area contributed by atoms with E-state index < -0.39 is 5.97 Å². The number of ether oxygens (including phenoxy) is 1. The molecule has 4 heterocycles. The number of aryl methyl sites for hydroxylation is 1. The van der Waals surface area contributed by atoms with E-state index in [9.17, 15) is 9.59 Å². The molecule has 5 aromatic rings. The number of rotatable bonds is 7. The van der Waals surface area contributed by atoms with Crippen LogP contribution in [0, 0.1) is 0 Å². The summed E-state index contributed by atoms with van der Waals surface area (Å²) in [5.74, 6) is 0.584. The van der Waals surface area contributed by atoms with Gasteiger partial charge >= 0.3 is 5.97 Å². The second-order valence-electron chi connectivity index (χ2n) is 8.10. The summed E-state index contributed by atoms with van der Waals surface area (Å²) in [5.41, 5.74) is 2.42. The minimum absolute atomic E-state index is 0.153. The van der Waals surface area contributed by atoms with Crippen LogP contribution in [0.2, 0.25) is 0 Å². The first-order valence-electron chi connectivity index (χ1n) is 11.4. The fraction of sp³-hybridized carbons (Fsp3) is 0.200. The van der Waals surface area contributed by atoms with Gasteiger partial charge in [0.25, 0.3) is 5.56 Å². The number of carbonyl (C=O) groups is 1. The number of esters is 1. The van der Waals surface area contributed by atoms with E-state index in [1.807, 2.05) is 25.1 Å². The second-order valence-corrected chi connectivity index (χ2v) is 8.10. The van der Waals surface area contributed by atoms with Crippen LogP contribution in [0.3, 0.4) is 0 Å². The van der Waals surface area contributed by atoms with Gasteiger partial charge in [0.2, 0.25) is 0 Å². The third-order valence-electron chi connectivity index (χ3n) is 5.71. The fourth-order valence-corrected chi connectivity index (χ4v) is 4.03. The Hall–Kier alpha value is -4.80. The number of anilines is 3. The van der Waals surface area contributed by atoms with Crippen molar-refractivity contribution in [3.05, 3.63) is 82.9 Å². The number of hydrogen-bond acceptors (Lipinski definition) is 9. The van der Waals surface area contributed by atoms with Crippen LogP contribution in [0.1, 0.15) is 36.2 Å². The van der Waals surface area contributed by atoms with Gasteiger partial charge in [-0.25, -0.2) is 19.7 Å². The summed E-state index contributed by atoms with van der Waals surface area (Å²) >= 11 is 0. The molecule has 182 valence electrons. The SMILES string of the molecule is CCOC(=O)c1cc(Nc2cccc3c(NC(C)c4ncccn4)cc(=O)n(C)c23)n2nccc2n1. The lowest BCUT2D eigenvalue weighted by atomic mass is 10.1. The molecule has 1 atom stereocenters. The van der Waals surface area contributed by atoms with Gasteiger partial charge in [0.15, 0.2) is 11.3 Å². The predicted molar refractivity (Wildman–Crippen MR) is 135 cm³/mol. The van der Waals surface area contributed by atoms with E-state index in [0.717, 1.165) is 5.39 Å². The highest BCUT2D eigenvalue weighted by molar-refractivity contribution is 6.00. The van der Waals surface area contributed by atoms with Crippen molar-refractivity contribution in [3.63, 3.8) is 0 Å². The standard InChI is InChI=1S/C25H24N8O3/c1-4-36-25(35)19-13-21(33-20(31-19)9-12-28-33)30-17-8-5-7-16-18(14-22(34)32(3)23(16)17)29-15(2)24-26-10-6-11-27-24/h5-15,29-30H,4H2,1-3H3. The highest BCUT2D eigenvalue weighted by Gasteiger charge is 2.17. The highest BCUT2D eigenvalue weighted by atomic mass is 16.5. The van der Waals surface area contributed by atoms with Gasteiger partial charge in [0.1, 0.15) is 11.6 Å². The highest BCUT2D eigenvalue weighted by Crippen LogP contribution is 2.31. The Bertz CT molecular complexity index is 1630. The Balaban J connectivity index is 1.60. The molecule has 0 bridgehead atoms. The first-order chi connectivity index (χ1) is 17.5. The first kappa shape index (κ1) is 23.0. The number of aromatic nitrogens is 6. The molecule has 0 aliphatic heterocycles. The maximum Gasteiger partial charge on any atom is 0.357 e. The van der Waals surface area contributed by atoms with Gasteiger partial charge in [-0.05, 0) is 26.0 Å². The summed E-state index contributed by atoms with van der Waals surface area (Å²) in [6.07, 6.45) is 4.95. The average molecular weight is 485 g/mol. The molecule has 0 aliphatic rings. The number of carbonyl (C=O) groups excluding carboxylic acids is 1. The van der Waals surface area contributed by atoms with Crippen molar-refractivity contribution >= 4 is 39.7 Å². The molecule has 11 heteroatoms. The molecular formula is C25H24N8O3. The maximum atomic E-state index is 12.9. The lowest BCUT2D eigenvalue weighted by molar-refractivity contribution is 0.0519. The van der Waals surface area contributed by atoms with E-state index >= 15 is 0 Å². The monoisotopic (exact) mass is 484 g/mol. The zero-order valence-corrected chi connectivity index (χ0v) is 20.0. The van der Waals surface area contributed by atoms with E-state index in [-0.39, 0.29) is 23.9 Å². The predicted octanol–water partition coefficient (Wildman–Crippen LogP) is 3.46. The van der Waals surface area contributed by atoms with Crippen molar-refractivity contribution in [2.45, 2.75) is 19.9 Å². The quantitative estimate of drug-likeness (QED) is 0.334. The van der Waals surface area contributed by atoms with E-state index in [2.05, 4.69) is 30.7 Å². The van der Waals surface area contributed by atoms with Crippen LogP contribution in [0.15, 0.2) is 65.8 Å².